The van der Waals surface area contributed by atoms with Crippen LogP contribution in [0.1, 0.15) is 29.3 Å². The summed E-state index contributed by atoms with van der Waals surface area (Å²) in [4.78, 5) is 16.2. The van der Waals surface area contributed by atoms with Gasteiger partial charge in [0.1, 0.15) is 10.6 Å². The van der Waals surface area contributed by atoms with Crippen molar-refractivity contribution >= 4 is 62.3 Å². The molecular formula is C26H22Cl2N4O2S2. The van der Waals surface area contributed by atoms with Crippen LogP contribution in [0, 0.1) is 5.92 Å². The average Bonchev–Trinajstić information content (AvgIpc) is 3.46. The summed E-state index contributed by atoms with van der Waals surface area (Å²) in [5.41, 5.74) is 2.88. The molecule has 3 aromatic heterocycles. The van der Waals surface area contributed by atoms with Crippen molar-refractivity contribution < 1.29 is 4.74 Å². The fourth-order valence-corrected chi connectivity index (χ4v) is 7.49. The first-order valence-corrected chi connectivity index (χ1v) is 14.2. The summed E-state index contributed by atoms with van der Waals surface area (Å²) in [5, 5.41) is 11.6. The van der Waals surface area contributed by atoms with Gasteiger partial charge in [-0.05, 0) is 72.7 Å². The number of nitrogens with zero attached hydrogens (tertiary/aromatic N) is 4. The SMILES string of the molecule is COc1ccc(-n2c(=O)c3c4c(sc3n3c(SCc5ccc(Cl)c(Cl)c5)nnc23)C[C@H](C)CC4)cc1. The van der Waals surface area contributed by atoms with Crippen LogP contribution in [-0.2, 0) is 18.6 Å². The summed E-state index contributed by atoms with van der Waals surface area (Å²) in [6.07, 6.45) is 2.99. The van der Waals surface area contributed by atoms with E-state index in [0.29, 0.717) is 27.5 Å². The maximum atomic E-state index is 14.0. The summed E-state index contributed by atoms with van der Waals surface area (Å²) in [6.45, 7) is 2.27. The molecule has 10 heteroatoms. The van der Waals surface area contributed by atoms with Gasteiger partial charge in [-0.25, -0.2) is 8.97 Å². The third kappa shape index (κ3) is 4.00. The van der Waals surface area contributed by atoms with Crippen molar-refractivity contribution in [1.82, 2.24) is 19.2 Å². The molecule has 0 amide bonds. The van der Waals surface area contributed by atoms with Crippen molar-refractivity contribution in [2.45, 2.75) is 37.1 Å². The van der Waals surface area contributed by atoms with Crippen LogP contribution in [-0.4, -0.2) is 26.3 Å². The topological polar surface area (TPSA) is 61.4 Å². The molecule has 6 nitrogen and oxygen atoms in total. The number of ether oxygens (including phenoxy) is 1. The number of methoxy groups -OCH3 is 1. The number of thiophene rings is 1. The molecule has 3 heterocycles. The third-order valence-electron chi connectivity index (χ3n) is 6.61. The molecule has 6 rings (SSSR count). The Hall–Kier alpha value is -2.52. The quantitative estimate of drug-likeness (QED) is 0.222. The molecule has 1 atom stereocenters. The largest absolute Gasteiger partial charge is 0.497 e. The van der Waals surface area contributed by atoms with E-state index in [4.69, 9.17) is 27.9 Å². The lowest BCUT2D eigenvalue weighted by Crippen LogP contribution is -2.22. The van der Waals surface area contributed by atoms with Crippen molar-refractivity contribution in [3.8, 4) is 11.4 Å². The van der Waals surface area contributed by atoms with Crippen LogP contribution in [0.15, 0.2) is 52.4 Å². The van der Waals surface area contributed by atoms with E-state index in [9.17, 15) is 4.79 Å². The predicted octanol–water partition coefficient (Wildman–Crippen LogP) is 6.83. The van der Waals surface area contributed by atoms with Gasteiger partial charge in [0.15, 0.2) is 5.16 Å². The third-order valence-corrected chi connectivity index (χ3v) is 9.59. The van der Waals surface area contributed by atoms with Crippen LogP contribution < -0.4 is 10.3 Å². The molecule has 36 heavy (non-hydrogen) atoms. The fraction of sp³-hybridized carbons (Fsp3) is 0.269. The van der Waals surface area contributed by atoms with Gasteiger partial charge in [0.2, 0.25) is 5.78 Å². The van der Waals surface area contributed by atoms with E-state index in [-0.39, 0.29) is 5.56 Å². The first-order chi connectivity index (χ1) is 17.4. The number of aromatic nitrogens is 4. The van der Waals surface area contributed by atoms with Gasteiger partial charge in [-0.3, -0.25) is 4.79 Å². The van der Waals surface area contributed by atoms with Gasteiger partial charge in [0.05, 0.1) is 28.2 Å². The van der Waals surface area contributed by atoms with E-state index in [1.54, 1.807) is 40.8 Å². The zero-order valence-corrected chi connectivity index (χ0v) is 22.8. The highest BCUT2D eigenvalue weighted by molar-refractivity contribution is 7.98. The van der Waals surface area contributed by atoms with E-state index in [2.05, 4.69) is 17.1 Å². The van der Waals surface area contributed by atoms with Crippen LogP contribution in [0.25, 0.3) is 21.7 Å². The molecule has 0 aliphatic heterocycles. The summed E-state index contributed by atoms with van der Waals surface area (Å²) in [6, 6.07) is 13.1. The van der Waals surface area contributed by atoms with Gasteiger partial charge in [-0.15, -0.1) is 21.5 Å². The van der Waals surface area contributed by atoms with Gasteiger partial charge < -0.3 is 4.74 Å². The van der Waals surface area contributed by atoms with Crippen molar-refractivity contribution in [2.24, 2.45) is 5.92 Å². The lowest BCUT2D eigenvalue weighted by Gasteiger charge is -2.17. The standard InChI is InChI=1S/C26H22Cl2N4O2S2/c1-14-3-9-18-21(11-14)36-24-22(18)23(33)31(16-5-7-17(34-2)8-6-16)25-29-30-26(32(24)25)35-13-15-4-10-19(27)20(28)12-15/h4-8,10,12,14H,3,9,11,13H2,1-2H3/t14-/m1/s1. The van der Waals surface area contributed by atoms with E-state index in [1.165, 1.54) is 10.4 Å². The summed E-state index contributed by atoms with van der Waals surface area (Å²) in [5.74, 6) is 2.48. The lowest BCUT2D eigenvalue weighted by atomic mass is 9.89. The number of hydrogen-bond donors (Lipinski definition) is 0. The van der Waals surface area contributed by atoms with E-state index >= 15 is 0 Å². The Labute approximate surface area is 225 Å². The van der Waals surface area contributed by atoms with Crippen LogP contribution >= 0.6 is 46.3 Å². The normalized spacial score (nSPS) is 15.5. The van der Waals surface area contributed by atoms with E-state index in [1.807, 2.05) is 40.8 Å². The Balaban J connectivity index is 1.55. The highest BCUT2D eigenvalue weighted by Gasteiger charge is 2.27. The predicted molar refractivity (Wildman–Crippen MR) is 148 cm³/mol. The molecule has 0 unspecified atom stereocenters. The number of rotatable bonds is 5. The lowest BCUT2D eigenvalue weighted by molar-refractivity contribution is 0.414. The summed E-state index contributed by atoms with van der Waals surface area (Å²) in [7, 11) is 1.62. The van der Waals surface area contributed by atoms with Crippen LogP contribution in [0.5, 0.6) is 5.75 Å². The number of halogens is 2. The molecule has 1 aliphatic carbocycles. The zero-order valence-electron chi connectivity index (χ0n) is 19.6. The van der Waals surface area contributed by atoms with Gasteiger partial charge in [-0.2, -0.15) is 0 Å². The van der Waals surface area contributed by atoms with Gasteiger partial charge in [-0.1, -0.05) is 48.0 Å². The molecule has 2 aromatic carbocycles. The van der Waals surface area contributed by atoms with Crippen molar-refractivity contribution in [3.63, 3.8) is 0 Å². The molecule has 184 valence electrons. The number of thioether (sulfide) groups is 1. The van der Waals surface area contributed by atoms with Crippen molar-refractivity contribution in [2.75, 3.05) is 7.11 Å². The molecule has 1 aliphatic rings. The number of benzene rings is 2. The van der Waals surface area contributed by atoms with Gasteiger partial charge in [0.25, 0.3) is 5.56 Å². The highest BCUT2D eigenvalue weighted by atomic mass is 35.5. The molecule has 0 saturated carbocycles. The molecule has 0 saturated heterocycles. The molecular weight excluding hydrogens is 535 g/mol. The second kappa shape index (κ2) is 9.41. The maximum Gasteiger partial charge on any atom is 0.268 e. The second-order valence-corrected chi connectivity index (χ2v) is 11.9. The minimum absolute atomic E-state index is 0.0526. The highest BCUT2D eigenvalue weighted by Crippen LogP contribution is 2.38. The Morgan fingerprint density at radius 1 is 1.14 bits per heavy atom. The first kappa shape index (κ1) is 23.9. The molecule has 0 spiro atoms. The smallest absolute Gasteiger partial charge is 0.268 e. The maximum absolute atomic E-state index is 14.0. The van der Waals surface area contributed by atoms with Crippen LogP contribution in [0.3, 0.4) is 0 Å². The minimum Gasteiger partial charge on any atom is -0.497 e. The molecule has 0 N–H and O–H groups in total. The number of aryl methyl sites for hydroxylation is 1. The Morgan fingerprint density at radius 2 is 1.94 bits per heavy atom. The molecule has 5 aromatic rings. The number of fused-ring (bicyclic) bond motifs is 5. The first-order valence-electron chi connectivity index (χ1n) is 11.6. The van der Waals surface area contributed by atoms with Gasteiger partial charge in [0, 0.05) is 10.6 Å². The monoisotopic (exact) mass is 556 g/mol. The molecule has 0 fully saturated rings. The summed E-state index contributed by atoms with van der Waals surface area (Å²) < 4.78 is 9.03. The van der Waals surface area contributed by atoms with Crippen molar-refractivity contribution in [3.05, 3.63) is 78.9 Å². The Kier molecular flexibility index (Phi) is 6.24. The number of hydrogen-bond acceptors (Lipinski definition) is 6. The Bertz CT molecular complexity index is 1670. The Morgan fingerprint density at radius 3 is 2.69 bits per heavy atom. The van der Waals surface area contributed by atoms with Crippen LogP contribution in [0.4, 0.5) is 0 Å². The van der Waals surface area contributed by atoms with Crippen molar-refractivity contribution in [1.29, 1.82) is 0 Å². The molecule has 0 radical (unpaired) electrons. The summed E-state index contributed by atoms with van der Waals surface area (Å²) >= 11 is 15.6. The van der Waals surface area contributed by atoms with Crippen LogP contribution in [0.2, 0.25) is 10.0 Å². The average molecular weight is 558 g/mol. The minimum atomic E-state index is -0.0526. The second-order valence-electron chi connectivity index (χ2n) is 9.03. The molecule has 0 bridgehead atoms. The van der Waals surface area contributed by atoms with E-state index < -0.39 is 0 Å². The van der Waals surface area contributed by atoms with E-state index in [0.717, 1.165) is 51.6 Å². The van der Waals surface area contributed by atoms with Gasteiger partial charge >= 0.3 is 0 Å². The zero-order chi connectivity index (χ0) is 25.0. The fourth-order valence-electron chi connectivity index (χ4n) is 4.74.